The van der Waals surface area contributed by atoms with Crippen molar-refractivity contribution in [3.8, 4) is 5.75 Å². The maximum atomic E-state index is 6.39. The molecule has 2 N–H and O–H groups in total. The molecule has 0 aliphatic rings. The Labute approximate surface area is 135 Å². The van der Waals surface area contributed by atoms with Crippen LogP contribution >= 0.6 is 23.4 Å². The fourth-order valence-corrected chi connectivity index (χ4v) is 3.18. The number of rotatable bonds is 6. The van der Waals surface area contributed by atoms with Crippen LogP contribution in [0.4, 0.5) is 0 Å². The molecule has 0 spiro atoms. The average Bonchev–Trinajstić information content (AvgIpc) is 2.50. The summed E-state index contributed by atoms with van der Waals surface area (Å²) in [7, 11) is 1.67. The SMILES string of the molecule is CCC(N)Cc1ccc(Sc2cccc(OC)c2)c(Cl)c1. The summed E-state index contributed by atoms with van der Waals surface area (Å²) in [5.41, 5.74) is 7.17. The van der Waals surface area contributed by atoms with Gasteiger partial charge in [-0.3, -0.25) is 0 Å². The van der Waals surface area contributed by atoms with Crippen molar-refractivity contribution in [1.82, 2.24) is 0 Å². The van der Waals surface area contributed by atoms with E-state index in [0.29, 0.717) is 0 Å². The highest BCUT2D eigenvalue weighted by Gasteiger charge is 2.07. The Kier molecular flexibility index (Phi) is 5.97. The summed E-state index contributed by atoms with van der Waals surface area (Å²) in [6.07, 6.45) is 1.83. The van der Waals surface area contributed by atoms with E-state index in [1.807, 2.05) is 30.3 Å². The van der Waals surface area contributed by atoms with Gasteiger partial charge in [-0.15, -0.1) is 0 Å². The highest BCUT2D eigenvalue weighted by Crippen LogP contribution is 2.35. The maximum Gasteiger partial charge on any atom is 0.119 e. The second-order valence-corrected chi connectivity index (χ2v) is 6.44. The zero-order valence-corrected chi connectivity index (χ0v) is 13.9. The quantitative estimate of drug-likeness (QED) is 0.831. The molecule has 0 amide bonds. The molecule has 0 aliphatic carbocycles. The van der Waals surface area contributed by atoms with E-state index in [0.717, 1.165) is 33.4 Å². The minimum absolute atomic E-state index is 0.193. The molecule has 0 saturated carbocycles. The standard InChI is InChI=1S/C17H20ClNOS/c1-3-13(19)9-12-7-8-17(16(18)10-12)21-15-6-4-5-14(11-15)20-2/h4-8,10-11,13H,3,9,19H2,1-2H3. The molecule has 0 heterocycles. The van der Waals surface area contributed by atoms with Crippen LogP contribution in [0.2, 0.25) is 5.02 Å². The van der Waals surface area contributed by atoms with Gasteiger partial charge in [0, 0.05) is 15.8 Å². The van der Waals surface area contributed by atoms with Crippen molar-refractivity contribution in [2.24, 2.45) is 5.73 Å². The number of halogens is 1. The molecule has 0 aliphatic heterocycles. The Bertz CT molecular complexity index is 603. The lowest BCUT2D eigenvalue weighted by Gasteiger charge is -2.11. The molecular weight excluding hydrogens is 302 g/mol. The first-order valence-electron chi connectivity index (χ1n) is 6.98. The van der Waals surface area contributed by atoms with Gasteiger partial charge in [0.05, 0.1) is 12.1 Å². The van der Waals surface area contributed by atoms with Crippen molar-refractivity contribution in [3.05, 3.63) is 53.1 Å². The smallest absolute Gasteiger partial charge is 0.119 e. The molecule has 2 aromatic rings. The van der Waals surface area contributed by atoms with Gasteiger partial charge < -0.3 is 10.5 Å². The molecule has 1 atom stereocenters. The highest BCUT2D eigenvalue weighted by molar-refractivity contribution is 7.99. The molecule has 2 aromatic carbocycles. The molecule has 21 heavy (non-hydrogen) atoms. The van der Waals surface area contributed by atoms with Crippen molar-refractivity contribution < 1.29 is 4.74 Å². The van der Waals surface area contributed by atoms with E-state index in [4.69, 9.17) is 22.1 Å². The fourth-order valence-electron chi connectivity index (χ4n) is 1.99. The largest absolute Gasteiger partial charge is 0.497 e. The molecule has 0 fully saturated rings. The molecule has 0 saturated heterocycles. The summed E-state index contributed by atoms with van der Waals surface area (Å²) in [6, 6.07) is 14.3. The van der Waals surface area contributed by atoms with E-state index in [-0.39, 0.29) is 6.04 Å². The van der Waals surface area contributed by atoms with Gasteiger partial charge in [-0.1, -0.05) is 42.4 Å². The Morgan fingerprint density at radius 3 is 2.71 bits per heavy atom. The van der Waals surface area contributed by atoms with Gasteiger partial charge in [-0.2, -0.15) is 0 Å². The minimum Gasteiger partial charge on any atom is -0.497 e. The summed E-state index contributed by atoms with van der Waals surface area (Å²) in [6.45, 7) is 2.10. The van der Waals surface area contributed by atoms with E-state index in [9.17, 15) is 0 Å². The highest BCUT2D eigenvalue weighted by atomic mass is 35.5. The minimum atomic E-state index is 0.193. The molecule has 4 heteroatoms. The number of nitrogens with two attached hydrogens (primary N) is 1. The number of ether oxygens (including phenoxy) is 1. The number of hydrogen-bond acceptors (Lipinski definition) is 3. The average molecular weight is 322 g/mol. The monoisotopic (exact) mass is 321 g/mol. The third-order valence-corrected chi connectivity index (χ3v) is 4.78. The summed E-state index contributed by atoms with van der Waals surface area (Å²) in [5, 5.41) is 0.767. The summed E-state index contributed by atoms with van der Waals surface area (Å²) in [4.78, 5) is 2.15. The van der Waals surface area contributed by atoms with Crippen LogP contribution in [0.1, 0.15) is 18.9 Å². The van der Waals surface area contributed by atoms with Crippen molar-refractivity contribution in [1.29, 1.82) is 0 Å². The maximum absolute atomic E-state index is 6.39. The number of hydrogen-bond donors (Lipinski definition) is 1. The summed E-state index contributed by atoms with van der Waals surface area (Å²) < 4.78 is 5.24. The van der Waals surface area contributed by atoms with Crippen LogP contribution < -0.4 is 10.5 Å². The summed E-state index contributed by atoms with van der Waals surface area (Å²) in [5.74, 6) is 0.849. The predicted molar refractivity (Wildman–Crippen MR) is 90.5 cm³/mol. The van der Waals surface area contributed by atoms with Crippen LogP contribution in [-0.2, 0) is 6.42 Å². The van der Waals surface area contributed by atoms with E-state index in [1.54, 1.807) is 18.9 Å². The van der Waals surface area contributed by atoms with Crippen LogP contribution in [0.25, 0.3) is 0 Å². The van der Waals surface area contributed by atoms with Gasteiger partial charge in [0.25, 0.3) is 0 Å². The van der Waals surface area contributed by atoms with E-state index in [2.05, 4.69) is 19.1 Å². The van der Waals surface area contributed by atoms with E-state index >= 15 is 0 Å². The van der Waals surface area contributed by atoms with Crippen LogP contribution in [0, 0.1) is 0 Å². The van der Waals surface area contributed by atoms with E-state index < -0.39 is 0 Å². The Balaban J connectivity index is 2.13. The van der Waals surface area contributed by atoms with E-state index in [1.165, 1.54) is 5.56 Å². The van der Waals surface area contributed by atoms with Crippen LogP contribution in [0.5, 0.6) is 5.75 Å². The molecule has 2 nitrogen and oxygen atoms in total. The van der Waals surface area contributed by atoms with Crippen molar-refractivity contribution in [3.63, 3.8) is 0 Å². The molecule has 1 unspecified atom stereocenters. The third-order valence-electron chi connectivity index (χ3n) is 3.29. The predicted octanol–water partition coefficient (Wildman–Crippen LogP) is 4.78. The van der Waals surface area contributed by atoms with Gasteiger partial charge in [-0.25, -0.2) is 0 Å². The van der Waals surface area contributed by atoms with Crippen molar-refractivity contribution >= 4 is 23.4 Å². The third kappa shape index (κ3) is 4.67. The Hall–Kier alpha value is -1.16. The van der Waals surface area contributed by atoms with Gasteiger partial charge >= 0.3 is 0 Å². The molecule has 0 aromatic heterocycles. The van der Waals surface area contributed by atoms with Crippen LogP contribution in [0.3, 0.4) is 0 Å². The number of methoxy groups -OCH3 is 1. The molecule has 2 rings (SSSR count). The molecule has 112 valence electrons. The Morgan fingerprint density at radius 1 is 1.24 bits per heavy atom. The first kappa shape index (κ1) is 16.2. The first-order chi connectivity index (χ1) is 10.1. The van der Waals surface area contributed by atoms with Crippen molar-refractivity contribution in [2.45, 2.75) is 35.6 Å². The normalized spacial score (nSPS) is 12.2. The van der Waals surface area contributed by atoms with Crippen molar-refractivity contribution in [2.75, 3.05) is 7.11 Å². The number of benzene rings is 2. The summed E-state index contributed by atoms with van der Waals surface area (Å²) >= 11 is 8.02. The van der Waals surface area contributed by atoms with Gasteiger partial charge in [-0.05, 0) is 48.7 Å². The zero-order valence-electron chi connectivity index (χ0n) is 12.3. The Morgan fingerprint density at radius 2 is 2.05 bits per heavy atom. The molecule has 0 bridgehead atoms. The lowest BCUT2D eigenvalue weighted by molar-refractivity contribution is 0.413. The lowest BCUT2D eigenvalue weighted by Crippen LogP contribution is -2.21. The topological polar surface area (TPSA) is 35.2 Å². The second-order valence-electron chi connectivity index (χ2n) is 4.92. The fraction of sp³-hybridized carbons (Fsp3) is 0.294. The van der Waals surface area contributed by atoms with Gasteiger partial charge in [0.2, 0.25) is 0 Å². The van der Waals surface area contributed by atoms with Gasteiger partial charge in [0.1, 0.15) is 5.75 Å². The molecule has 0 radical (unpaired) electrons. The molecular formula is C17H20ClNOS. The zero-order chi connectivity index (χ0) is 15.2. The van der Waals surface area contributed by atoms with Crippen LogP contribution in [-0.4, -0.2) is 13.2 Å². The second kappa shape index (κ2) is 7.74. The first-order valence-corrected chi connectivity index (χ1v) is 8.17. The van der Waals surface area contributed by atoms with Crippen LogP contribution in [0.15, 0.2) is 52.3 Å². The van der Waals surface area contributed by atoms with Gasteiger partial charge in [0.15, 0.2) is 0 Å². The lowest BCUT2D eigenvalue weighted by atomic mass is 10.1.